The third kappa shape index (κ3) is 2.55. The number of carbonyl (C=O) groups is 1. The Morgan fingerprint density at radius 1 is 0.875 bits per heavy atom. The van der Waals surface area contributed by atoms with Crippen molar-refractivity contribution in [1.29, 1.82) is 0 Å². The van der Waals surface area contributed by atoms with Gasteiger partial charge in [0.25, 0.3) is 0 Å². The van der Waals surface area contributed by atoms with Crippen LogP contribution < -0.4 is 4.90 Å². The predicted molar refractivity (Wildman–Crippen MR) is 101 cm³/mol. The van der Waals surface area contributed by atoms with E-state index in [1.165, 1.54) is 0 Å². The maximum absolute atomic E-state index is 13.3. The second kappa shape index (κ2) is 6.25. The zero-order valence-electron chi connectivity index (χ0n) is 13.0. The lowest BCUT2D eigenvalue weighted by atomic mass is 9.87. The van der Waals surface area contributed by atoms with Gasteiger partial charge >= 0.3 is 0 Å². The fraction of sp³-hybridized carbons (Fsp3) is 0.0952. The number of anilines is 1. The molecule has 1 aliphatic carbocycles. The highest BCUT2D eigenvalue weighted by Gasteiger charge is 2.44. The molecule has 2 nitrogen and oxygen atoms in total. The van der Waals surface area contributed by atoms with Crippen LogP contribution in [0.15, 0.2) is 95.1 Å². The maximum atomic E-state index is 13.3. The minimum Gasteiger partial charge on any atom is -0.284 e. The van der Waals surface area contributed by atoms with Gasteiger partial charge in [-0.1, -0.05) is 70.6 Å². The Kier molecular flexibility index (Phi) is 3.95. The van der Waals surface area contributed by atoms with E-state index in [9.17, 15) is 4.79 Å². The molecule has 0 spiro atoms. The van der Waals surface area contributed by atoms with Crippen molar-refractivity contribution in [3.05, 3.63) is 101 Å². The molecule has 2 aromatic carbocycles. The largest absolute Gasteiger partial charge is 0.284 e. The van der Waals surface area contributed by atoms with E-state index in [1.54, 1.807) is 0 Å². The molecule has 1 heterocycles. The molecule has 2 aromatic rings. The molecule has 1 amide bonds. The summed E-state index contributed by atoms with van der Waals surface area (Å²) in [6, 6.07) is 17.9. The van der Waals surface area contributed by atoms with Gasteiger partial charge in [-0.05, 0) is 35.9 Å². The lowest BCUT2D eigenvalue weighted by Gasteiger charge is -2.19. The third-order valence-electron chi connectivity index (χ3n) is 4.50. The molecule has 24 heavy (non-hydrogen) atoms. The zero-order chi connectivity index (χ0) is 16.5. The van der Waals surface area contributed by atoms with Gasteiger partial charge in [-0.2, -0.15) is 0 Å². The van der Waals surface area contributed by atoms with Crippen LogP contribution >= 0.6 is 15.9 Å². The molecule has 2 aliphatic rings. The van der Waals surface area contributed by atoms with Gasteiger partial charge in [-0.25, -0.2) is 0 Å². The van der Waals surface area contributed by atoms with E-state index >= 15 is 0 Å². The number of amides is 1. The standard InChI is InChI=1S/C21H16BrNO/c22-16-11-13-17(14-12-16)23-19-10-6-2-5-9-18(19)20(21(23)24)15-7-3-1-4-8-15/h1-14,18,20H. The summed E-state index contributed by atoms with van der Waals surface area (Å²) >= 11 is 3.46. The number of hydrogen-bond acceptors (Lipinski definition) is 1. The first-order valence-corrected chi connectivity index (χ1v) is 8.74. The Morgan fingerprint density at radius 2 is 1.62 bits per heavy atom. The molecular formula is C21H16BrNO. The molecule has 2 atom stereocenters. The van der Waals surface area contributed by atoms with Crippen LogP contribution in [0.25, 0.3) is 0 Å². The molecule has 118 valence electrons. The molecule has 4 rings (SSSR count). The van der Waals surface area contributed by atoms with Gasteiger partial charge < -0.3 is 0 Å². The van der Waals surface area contributed by atoms with Crippen LogP contribution in [0.5, 0.6) is 0 Å². The summed E-state index contributed by atoms with van der Waals surface area (Å²) in [5, 5.41) is 0. The molecule has 1 aliphatic heterocycles. The van der Waals surface area contributed by atoms with E-state index in [0.29, 0.717) is 0 Å². The first-order chi connectivity index (χ1) is 11.8. The van der Waals surface area contributed by atoms with Gasteiger partial charge in [0.15, 0.2) is 0 Å². The molecule has 0 aromatic heterocycles. The molecule has 3 heteroatoms. The average Bonchev–Trinajstić information content (AvgIpc) is 2.75. The normalized spacial score (nSPS) is 22.3. The van der Waals surface area contributed by atoms with Crippen molar-refractivity contribution < 1.29 is 4.79 Å². The highest BCUT2D eigenvalue weighted by molar-refractivity contribution is 9.10. The maximum Gasteiger partial charge on any atom is 0.239 e. The molecule has 1 fully saturated rings. The number of fused-ring (bicyclic) bond motifs is 1. The number of carbonyl (C=O) groups excluding carboxylic acids is 1. The Balaban J connectivity index is 1.84. The van der Waals surface area contributed by atoms with Crippen LogP contribution in [0, 0.1) is 5.92 Å². The van der Waals surface area contributed by atoms with Crippen LogP contribution in [-0.4, -0.2) is 5.91 Å². The lowest BCUT2D eigenvalue weighted by Crippen LogP contribution is -2.25. The van der Waals surface area contributed by atoms with Crippen LogP contribution in [0.2, 0.25) is 0 Å². The van der Waals surface area contributed by atoms with Crippen LogP contribution in [-0.2, 0) is 4.79 Å². The molecule has 0 radical (unpaired) electrons. The fourth-order valence-corrected chi connectivity index (χ4v) is 3.68. The van der Waals surface area contributed by atoms with Crippen LogP contribution in [0.1, 0.15) is 11.5 Å². The first-order valence-electron chi connectivity index (χ1n) is 7.95. The molecule has 0 saturated carbocycles. The fourth-order valence-electron chi connectivity index (χ4n) is 3.41. The van der Waals surface area contributed by atoms with E-state index in [-0.39, 0.29) is 17.7 Å². The van der Waals surface area contributed by atoms with Gasteiger partial charge in [0.2, 0.25) is 5.91 Å². The van der Waals surface area contributed by atoms with E-state index in [2.05, 4.69) is 22.0 Å². The van der Waals surface area contributed by atoms with Crippen LogP contribution in [0.4, 0.5) is 5.69 Å². The smallest absolute Gasteiger partial charge is 0.239 e. The van der Waals surface area contributed by atoms with Crippen molar-refractivity contribution in [2.45, 2.75) is 5.92 Å². The van der Waals surface area contributed by atoms with Crippen LogP contribution in [0.3, 0.4) is 0 Å². The minimum absolute atomic E-state index is 0.0542. The quantitative estimate of drug-likeness (QED) is 0.703. The molecule has 2 unspecified atom stereocenters. The molecular weight excluding hydrogens is 362 g/mol. The predicted octanol–water partition coefficient (Wildman–Crippen LogP) is 5.21. The molecule has 0 N–H and O–H groups in total. The van der Waals surface area contributed by atoms with Gasteiger partial charge in [0.1, 0.15) is 0 Å². The second-order valence-corrected chi connectivity index (χ2v) is 6.84. The minimum atomic E-state index is -0.183. The number of allylic oxidation sites excluding steroid dienone is 5. The Hall–Kier alpha value is -2.39. The summed E-state index contributed by atoms with van der Waals surface area (Å²) in [5.74, 6) is -0.00415. The third-order valence-corrected chi connectivity index (χ3v) is 5.03. The number of rotatable bonds is 2. The molecule has 0 bridgehead atoms. The summed E-state index contributed by atoms with van der Waals surface area (Å²) < 4.78 is 1.00. The van der Waals surface area contributed by atoms with E-state index in [1.807, 2.05) is 83.8 Å². The Bertz CT molecular complexity index is 849. The van der Waals surface area contributed by atoms with Crippen molar-refractivity contribution in [2.24, 2.45) is 5.92 Å². The van der Waals surface area contributed by atoms with Crippen molar-refractivity contribution in [2.75, 3.05) is 4.90 Å². The average molecular weight is 378 g/mol. The number of nitrogens with zero attached hydrogens (tertiary/aromatic N) is 1. The van der Waals surface area contributed by atoms with E-state index in [0.717, 1.165) is 21.4 Å². The SMILES string of the molecule is O=C1C(c2ccccc2)C2C=CC=CC=C2N1c1ccc(Br)cc1. The topological polar surface area (TPSA) is 20.3 Å². The Labute approximate surface area is 149 Å². The summed E-state index contributed by atoms with van der Waals surface area (Å²) in [4.78, 5) is 15.1. The summed E-state index contributed by atoms with van der Waals surface area (Å²) in [6.07, 6.45) is 10.2. The summed E-state index contributed by atoms with van der Waals surface area (Å²) in [5.41, 5.74) is 2.99. The first kappa shape index (κ1) is 15.2. The summed E-state index contributed by atoms with van der Waals surface area (Å²) in [6.45, 7) is 0. The highest BCUT2D eigenvalue weighted by Crippen LogP contribution is 2.44. The number of hydrogen-bond donors (Lipinski definition) is 0. The van der Waals surface area contributed by atoms with Crippen molar-refractivity contribution in [1.82, 2.24) is 0 Å². The van der Waals surface area contributed by atoms with E-state index < -0.39 is 0 Å². The second-order valence-electron chi connectivity index (χ2n) is 5.93. The van der Waals surface area contributed by atoms with Crippen molar-refractivity contribution in [3.8, 4) is 0 Å². The Morgan fingerprint density at radius 3 is 2.38 bits per heavy atom. The van der Waals surface area contributed by atoms with Crippen molar-refractivity contribution in [3.63, 3.8) is 0 Å². The number of halogens is 1. The number of benzene rings is 2. The van der Waals surface area contributed by atoms with E-state index in [4.69, 9.17) is 0 Å². The highest BCUT2D eigenvalue weighted by atomic mass is 79.9. The zero-order valence-corrected chi connectivity index (χ0v) is 14.6. The van der Waals surface area contributed by atoms with Gasteiger partial charge in [-0.15, -0.1) is 0 Å². The van der Waals surface area contributed by atoms with Gasteiger partial charge in [0.05, 0.1) is 5.92 Å². The molecule has 1 saturated heterocycles. The summed E-state index contributed by atoms with van der Waals surface area (Å²) in [7, 11) is 0. The van der Waals surface area contributed by atoms with Gasteiger partial charge in [-0.3, -0.25) is 9.69 Å². The lowest BCUT2D eigenvalue weighted by molar-refractivity contribution is -0.118. The van der Waals surface area contributed by atoms with Gasteiger partial charge in [0, 0.05) is 21.8 Å². The van der Waals surface area contributed by atoms with Crippen molar-refractivity contribution >= 4 is 27.5 Å². The monoisotopic (exact) mass is 377 g/mol.